The molecule has 2 aromatic rings. The van der Waals surface area contributed by atoms with Gasteiger partial charge < -0.3 is 10.5 Å². The zero-order valence-electron chi connectivity index (χ0n) is 10.8. The van der Waals surface area contributed by atoms with Crippen molar-refractivity contribution in [3.63, 3.8) is 0 Å². The normalized spacial score (nSPS) is 11.4. The molecule has 2 nitrogen and oxygen atoms in total. The van der Waals surface area contributed by atoms with E-state index in [4.69, 9.17) is 22.1 Å². The molecule has 0 aromatic heterocycles. The summed E-state index contributed by atoms with van der Waals surface area (Å²) < 4.78 is 5.73. The number of hydrogen-bond donors (Lipinski definition) is 1. The molecule has 0 fully saturated rings. The molecule has 0 saturated heterocycles. The number of rotatable bonds is 4. The molecular weight excluding hydrogens is 258 g/mol. The van der Waals surface area contributed by atoms with Crippen molar-refractivity contribution >= 4 is 17.2 Å². The smallest absolute Gasteiger partial charge is 0.127 e. The maximum atomic E-state index is 5.83. The molecule has 0 aliphatic heterocycles. The van der Waals surface area contributed by atoms with Crippen LogP contribution in [-0.2, 0) is 0 Å². The van der Waals surface area contributed by atoms with E-state index in [2.05, 4.69) is 0 Å². The highest BCUT2D eigenvalue weighted by Gasteiger charge is 1.99. The number of benzene rings is 2. The summed E-state index contributed by atoms with van der Waals surface area (Å²) in [5, 5.41) is 0.699. The van der Waals surface area contributed by atoms with E-state index in [-0.39, 0.29) is 0 Å². The monoisotopic (exact) mass is 273 g/mol. The van der Waals surface area contributed by atoms with Gasteiger partial charge >= 0.3 is 0 Å². The lowest BCUT2D eigenvalue weighted by molar-refractivity contribution is 0.482. The van der Waals surface area contributed by atoms with Crippen molar-refractivity contribution in [2.75, 3.05) is 6.54 Å². The van der Waals surface area contributed by atoms with Gasteiger partial charge in [-0.3, -0.25) is 0 Å². The molecule has 0 amide bonds. The molecule has 0 aliphatic rings. The first-order chi connectivity index (χ1) is 9.19. The Labute approximate surface area is 118 Å². The molecule has 19 heavy (non-hydrogen) atoms. The van der Waals surface area contributed by atoms with Crippen molar-refractivity contribution in [3.8, 4) is 11.5 Å². The van der Waals surface area contributed by atoms with Gasteiger partial charge in [-0.15, -0.1) is 0 Å². The Morgan fingerprint density at radius 1 is 1.05 bits per heavy atom. The van der Waals surface area contributed by atoms with Crippen LogP contribution in [0.1, 0.15) is 12.5 Å². The highest BCUT2D eigenvalue weighted by molar-refractivity contribution is 6.30. The van der Waals surface area contributed by atoms with Crippen LogP contribution in [0.3, 0.4) is 0 Å². The molecule has 0 saturated carbocycles. The Morgan fingerprint density at radius 3 is 2.11 bits per heavy atom. The summed E-state index contributed by atoms with van der Waals surface area (Å²) in [5.74, 6) is 1.57. The first-order valence-electron chi connectivity index (χ1n) is 6.10. The van der Waals surface area contributed by atoms with E-state index in [1.807, 2.05) is 49.4 Å². The maximum Gasteiger partial charge on any atom is 0.127 e. The second kappa shape index (κ2) is 6.41. The molecule has 3 heteroatoms. The summed E-state index contributed by atoms with van der Waals surface area (Å²) in [5.41, 5.74) is 7.81. The van der Waals surface area contributed by atoms with Crippen molar-refractivity contribution in [1.82, 2.24) is 0 Å². The fourth-order valence-corrected chi connectivity index (χ4v) is 1.85. The van der Waals surface area contributed by atoms with Gasteiger partial charge in [0.1, 0.15) is 11.5 Å². The molecule has 0 radical (unpaired) electrons. The summed E-state index contributed by atoms with van der Waals surface area (Å²) >= 11 is 5.83. The van der Waals surface area contributed by atoms with Gasteiger partial charge in [0.15, 0.2) is 0 Å². The van der Waals surface area contributed by atoms with Gasteiger partial charge in [0.25, 0.3) is 0 Å². The second-order valence-corrected chi connectivity index (χ2v) is 4.64. The van der Waals surface area contributed by atoms with Crippen molar-refractivity contribution in [3.05, 3.63) is 65.2 Å². The number of nitrogens with two attached hydrogens (primary N) is 1. The summed E-state index contributed by atoms with van der Waals surface area (Å²) in [4.78, 5) is 0. The highest BCUT2D eigenvalue weighted by atomic mass is 35.5. The second-order valence-electron chi connectivity index (χ2n) is 4.20. The molecule has 0 unspecified atom stereocenters. The Hall–Kier alpha value is -1.77. The Morgan fingerprint density at radius 2 is 1.58 bits per heavy atom. The molecule has 0 heterocycles. The summed E-state index contributed by atoms with van der Waals surface area (Å²) in [6.45, 7) is 2.59. The van der Waals surface area contributed by atoms with Crippen LogP contribution in [0.4, 0.5) is 0 Å². The lowest BCUT2D eigenvalue weighted by atomic mass is 10.1. The maximum absolute atomic E-state index is 5.83. The van der Waals surface area contributed by atoms with Crippen LogP contribution in [0.25, 0.3) is 5.57 Å². The topological polar surface area (TPSA) is 35.2 Å². The Bertz CT molecular complexity index is 558. The van der Waals surface area contributed by atoms with Crippen LogP contribution >= 0.6 is 11.6 Å². The van der Waals surface area contributed by atoms with Crippen LogP contribution in [-0.4, -0.2) is 6.54 Å². The predicted molar refractivity (Wildman–Crippen MR) is 80.7 cm³/mol. The predicted octanol–water partition coefficient (Wildman–Crippen LogP) is 4.49. The number of hydrogen-bond acceptors (Lipinski definition) is 2. The first-order valence-corrected chi connectivity index (χ1v) is 6.47. The molecule has 98 valence electrons. The van der Waals surface area contributed by atoms with Gasteiger partial charge in [-0.1, -0.05) is 29.8 Å². The van der Waals surface area contributed by atoms with Crippen LogP contribution in [0.2, 0.25) is 5.02 Å². The van der Waals surface area contributed by atoms with E-state index >= 15 is 0 Å². The zero-order valence-corrected chi connectivity index (χ0v) is 11.5. The third kappa shape index (κ3) is 3.85. The van der Waals surface area contributed by atoms with E-state index in [1.54, 1.807) is 12.1 Å². The molecule has 0 aliphatic carbocycles. The fraction of sp³-hybridized carbons (Fsp3) is 0.125. The fourth-order valence-electron chi connectivity index (χ4n) is 1.72. The molecule has 0 atom stereocenters. The third-order valence-electron chi connectivity index (χ3n) is 2.78. The van der Waals surface area contributed by atoms with Crippen molar-refractivity contribution in [2.24, 2.45) is 5.73 Å². The van der Waals surface area contributed by atoms with Gasteiger partial charge in [0, 0.05) is 11.6 Å². The van der Waals surface area contributed by atoms with E-state index in [0.717, 1.165) is 17.1 Å². The SMILES string of the molecule is CC(=CCN)c1ccc(Oc2ccc(Cl)cc2)cc1. The lowest BCUT2D eigenvalue weighted by Crippen LogP contribution is -1.94. The van der Waals surface area contributed by atoms with Gasteiger partial charge in [0.05, 0.1) is 0 Å². The minimum atomic E-state index is 0.550. The standard InChI is InChI=1S/C16H16ClNO/c1-12(10-11-18)13-2-6-15(7-3-13)19-16-8-4-14(17)5-9-16/h2-10H,11,18H2,1H3. The van der Waals surface area contributed by atoms with Crippen LogP contribution in [0.15, 0.2) is 54.6 Å². The first kappa shape index (κ1) is 13.7. The Balaban J connectivity index is 2.10. The van der Waals surface area contributed by atoms with E-state index in [1.165, 1.54) is 5.57 Å². The molecule has 2 aromatic carbocycles. The molecular formula is C16H16ClNO. The lowest BCUT2D eigenvalue weighted by Gasteiger charge is -2.07. The van der Waals surface area contributed by atoms with Gasteiger partial charge in [-0.05, 0) is 54.5 Å². The van der Waals surface area contributed by atoms with Crippen molar-refractivity contribution < 1.29 is 4.74 Å². The summed E-state index contributed by atoms with van der Waals surface area (Å²) in [7, 11) is 0. The molecule has 0 bridgehead atoms. The van der Waals surface area contributed by atoms with E-state index in [0.29, 0.717) is 11.6 Å². The average Bonchev–Trinajstić information content (AvgIpc) is 2.42. The van der Waals surface area contributed by atoms with Crippen molar-refractivity contribution in [2.45, 2.75) is 6.92 Å². The van der Waals surface area contributed by atoms with E-state index in [9.17, 15) is 0 Å². The van der Waals surface area contributed by atoms with Gasteiger partial charge in [-0.25, -0.2) is 0 Å². The van der Waals surface area contributed by atoms with Gasteiger partial charge in [0.2, 0.25) is 0 Å². The zero-order chi connectivity index (χ0) is 13.7. The van der Waals surface area contributed by atoms with Crippen molar-refractivity contribution in [1.29, 1.82) is 0 Å². The van der Waals surface area contributed by atoms with Gasteiger partial charge in [-0.2, -0.15) is 0 Å². The average molecular weight is 274 g/mol. The molecule has 2 N–H and O–H groups in total. The van der Waals surface area contributed by atoms with Crippen LogP contribution < -0.4 is 10.5 Å². The molecule has 0 spiro atoms. The Kier molecular flexibility index (Phi) is 4.61. The number of halogens is 1. The van der Waals surface area contributed by atoms with Crippen LogP contribution in [0.5, 0.6) is 11.5 Å². The van der Waals surface area contributed by atoms with E-state index < -0.39 is 0 Å². The minimum Gasteiger partial charge on any atom is -0.457 e. The van der Waals surface area contributed by atoms with Crippen LogP contribution in [0, 0.1) is 0 Å². The quantitative estimate of drug-likeness (QED) is 0.890. The number of allylic oxidation sites excluding steroid dienone is 1. The number of ether oxygens (including phenoxy) is 1. The summed E-state index contributed by atoms with van der Waals surface area (Å²) in [6, 6.07) is 15.2. The molecule has 2 rings (SSSR count). The minimum absolute atomic E-state index is 0.550. The summed E-state index contributed by atoms with van der Waals surface area (Å²) in [6.07, 6.45) is 2.00. The largest absolute Gasteiger partial charge is 0.457 e. The highest BCUT2D eigenvalue weighted by Crippen LogP contribution is 2.24. The third-order valence-corrected chi connectivity index (χ3v) is 3.04.